The summed E-state index contributed by atoms with van der Waals surface area (Å²) in [5.74, 6) is 0.939. The molecule has 0 aromatic carbocycles. The molecule has 0 unspecified atom stereocenters. The molecule has 12 heavy (non-hydrogen) atoms. The molecule has 0 heteroatoms. The fourth-order valence-electron chi connectivity index (χ4n) is 3.88. The standard InChI is InChI=1S/C12H22/c1-9-6-7-11(4)8-12(9,5)10(11,2)3/h9H,6-8H2,1-5H3/t9-,11+,12+/m1/s1. The van der Waals surface area contributed by atoms with E-state index in [1.807, 2.05) is 0 Å². The van der Waals surface area contributed by atoms with Crippen molar-refractivity contribution in [2.75, 3.05) is 0 Å². The minimum atomic E-state index is 0.581. The van der Waals surface area contributed by atoms with E-state index < -0.39 is 0 Å². The SMILES string of the molecule is C[C@@H]1CC[C@@]2(C)C[C@]1(C)C2(C)C. The van der Waals surface area contributed by atoms with Crippen molar-refractivity contribution in [3.8, 4) is 0 Å². The van der Waals surface area contributed by atoms with Gasteiger partial charge in [-0.05, 0) is 41.4 Å². The van der Waals surface area contributed by atoms with Crippen molar-refractivity contribution < 1.29 is 0 Å². The van der Waals surface area contributed by atoms with Crippen LogP contribution in [0.4, 0.5) is 0 Å². The fraction of sp³-hybridized carbons (Fsp3) is 1.00. The number of hydrogen-bond acceptors (Lipinski definition) is 0. The Morgan fingerprint density at radius 2 is 1.67 bits per heavy atom. The van der Waals surface area contributed by atoms with Gasteiger partial charge in [-0.3, -0.25) is 0 Å². The van der Waals surface area contributed by atoms with Crippen LogP contribution in [0.5, 0.6) is 0 Å². The molecule has 0 nitrogen and oxygen atoms in total. The summed E-state index contributed by atoms with van der Waals surface area (Å²) in [6, 6.07) is 0. The first-order chi connectivity index (χ1) is 5.33. The highest BCUT2D eigenvalue weighted by atomic mass is 14.7. The summed E-state index contributed by atoms with van der Waals surface area (Å²) in [6.45, 7) is 12.4. The maximum absolute atomic E-state index is 2.50. The molecule has 3 aliphatic rings. The van der Waals surface area contributed by atoms with E-state index >= 15 is 0 Å². The number of hydrogen-bond donors (Lipinski definition) is 0. The van der Waals surface area contributed by atoms with Crippen LogP contribution in [-0.4, -0.2) is 0 Å². The lowest BCUT2D eigenvalue weighted by molar-refractivity contribution is -0.244. The second-order valence-electron chi connectivity index (χ2n) is 6.22. The highest BCUT2D eigenvalue weighted by Gasteiger charge is 2.67. The smallest absolute Gasteiger partial charge is 0.0238 e. The molecule has 3 saturated carbocycles. The normalized spacial score (nSPS) is 56.2. The molecule has 0 spiro atoms. The Balaban J connectivity index is 2.36. The van der Waals surface area contributed by atoms with Crippen molar-refractivity contribution >= 4 is 0 Å². The summed E-state index contributed by atoms with van der Waals surface area (Å²) in [6.07, 6.45) is 4.38. The molecule has 70 valence electrons. The predicted molar refractivity (Wildman–Crippen MR) is 53.0 cm³/mol. The third-order valence-corrected chi connectivity index (χ3v) is 5.91. The molecule has 0 heterocycles. The molecule has 0 saturated heterocycles. The van der Waals surface area contributed by atoms with Crippen LogP contribution in [0.2, 0.25) is 0 Å². The first-order valence-corrected chi connectivity index (χ1v) is 5.33. The van der Waals surface area contributed by atoms with E-state index in [0.717, 1.165) is 5.92 Å². The van der Waals surface area contributed by atoms with Crippen molar-refractivity contribution in [3.63, 3.8) is 0 Å². The molecule has 0 aromatic heterocycles. The van der Waals surface area contributed by atoms with Crippen LogP contribution in [0, 0.1) is 22.2 Å². The zero-order valence-electron chi connectivity index (χ0n) is 9.20. The Hall–Kier alpha value is 0. The number of rotatable bonds is 0. The van der Waals surface area contributed by atoms with Gasteiger partial charge in [0, 0.05) is 0 Å². The van der Waals surface area contributed by atoms with E-state index in [-0.39, 0.29) is 0 Å². The van der Waals surface area contributed by atoms with Gasteiger partial charge in [0.2, 0.25) is 0 Å². The van der Waals surface area contributed by atoms with Gasteiger partial charge in [-0.1, -0.05) is 34.6 Å². The predicted octanol–water partition coefficient (Wildman–Crippen LogP) is 3.86. The molecule has 3 aliphatic carbocycles. The van der Waals surface area contributed by atoms with E-state index in [1.165, 1.54) is 19.3 Å². The molecule has 0 N–H and O–H groups in total. The first-order valence-electron chi connectivity index (χ1n) is 5.33. The van der Waals surface area contributed by atoms with Gasteiger partial charge in [-0.25, -0.2) is 0 Å². The van der Waals surface area contributed by atoms with Crippen molar-refractivity contribution in [2.45, 2.75) is 53.9 Å². The lowest BCUT2D eigenvalue weighted by Gasteiger charge is -2.73. The topological polar surface area (TPSA) is 0 Å². The molecule has 0 aliphatic heterocycles. The van der Waals surface area contributed by atoms with E-state index in [2.05, 4.69) is 34.6 Å². The zero-order valence-corrected chi connectivity index (χ0v) is 9.20. The van der Waals surface area contributed by atoms with Crippen molar-refractivity contribution in [1.82, 2.24) is 0 Å². The average Bonchev–Trinajstić information content (AvgIpc) is 1.97. The Morgan fingerprint density at radius 3 is 2.08 bits per heavy atom. The summed E-state index contributed by atoms with van der Waals surface area (Å²) in [7, 11) is 0. The Kier molecular flexibility index (Phi) is 1.37. The Labute approximate surface area is 76.7 Å². The fourth-order valence-corrected chi connectivity index (χ4v) is 3.88. The lowest BCUT2D eigenvalue weighted by atomic mass is 9.31. The summed E-state index contributed by atoms with van der Waals surface area (Å²) >= 11 is 0. The zero-order chi connectivity index (χ0) is 9.20. The van der Waals surface area contributed by atoms with Crippen LogP contribution in [0.1, 0.15) is 53.9 Å². The van der Waals surface area contributed by atoms with Crippen LogP contribution in [0.3, 0.4) is 0 Å². The van der Waals surface area contributed by atoms with Gasteiger partial charge < -0.3 is 0 Å². The van der Waals surface area contributed by atoms with Gasteiger partial charge in [0.05, 0.1) is 0 Å². The van der Waals surface area contributed by atoms with Gasteiger partial charge in [0.25, 0.3) is 0 Å². The Morgan fingerprint density at radius 1 is 1.08 bits per heavy atom. The second kappa shape index (κ2) is 1.91. The highest BCUT2D eigenvalue weighted by molar-refractivity contribution is 5.16. The average molecular weight is 166 g/mol. The lowest BCUT2D eigenvalue weighted by Crippen LogP contribution is -2.65. The minimum Gasteiger partial charge on any atom is -0.0620 e. The molecule has 3 rings (SSSR count). The Bertz CT molecular complexity index is 213. The van der Waals surface area contributed by atoms with Gasteiger partial charge in [0.15, 0.2) is 0 Å². The summed E-state index contributed by atoms with van der Waals surface area (Å²) < 4.78 is 0. The van der Waals surface area contributed by atoms with Gasteiger partial charge >= 0.3 is 0 Å². The summed E-state index contributed by atoms with van der Waals surface area (Å²) in [5, 5.41) is 0. The van der Waals surface area contributed by atoms with Crippen LogP contribution in [0.15, 0.2) is 0 Å². The second-order valence-corrected chi connectivity index (χ2v) is 6.22. The molecule has 0 aromatic rings. The maximum atomic E-state index is 2.50. The van der Waals surface area contributed by atoms with Crippen LogP contribution in [-0.2, 0) is 0 Å². The van der Waals surface area contributed by atoms with E-state index in [9.17, 15) is 0 Å². The number of fused-ring (bicyclic) bond motifs is 2. The first kappa shape index (κ1) is 8.59. The van der Waals surface area contributed by atoms with Gasteiger partial charge in [0.1, 0.15) is 0 Å². The van der Waals surface area contributed by atoms with Crippen LogP contribution in [0.25, 0.3) is 0 Å². The molecule has 3 fully saturated rings. The third kappa shape index (κ3) is 0.625. The largest absolute Gasteiger partial charge is 0.0620 e. The van der Waals surface area contributed by atoms with E-state index in [0.29, 0.717) is 16.2 Å². The van der Waals surface area contributed by atoms with Gasteiger partial charge in [-0.15, -0.1) is 0 Å². The molecular formula is C12H22. The quantitative estimate of drug-likeness (QED) is 0.512. The highest BCUT2D eigenvalue weighted by Crippen LogP contribution is 2.75. The van der Waals surface area contributed by atoms with Crippen molar-refractivity contribution in [3.05, 3.63) is 0 Å². The van der Waals surface area contributed by atoms with Crippen molar-refractivity contribution in [2.24, 2.45) is 22.2 Å². The van der Waals surface area contributed by atoms with Crippen LogP contribution < -0.4 is 0 Å². The monoisotopic (exact) mass is 166 g/mol. The molecular weight excluding hydrogens is 144 g/mol. The van der Waals surface area contributed by atoms with Crippen molar-refractivity contribution in [1.29, 1.82) is 0 Å². The molecule has 0 amide bonds. The van der Waals surface area contributed by atoms with Gasteiger partial charge in [-0.2, -0.15) is 0 Å². The summed E-state index contributed by atoms with van der Waals surface area (Å²) in [4.78, 5) is 0. The van der Waals surface area contributed by atoms with E-state index in [1.54, 1.807) is 0 Å². The maximum Gasteiger partial charge on any atom is -0.0238 e. The molecule has 3 atom stereocenters. The van der Waals surface area contributed by atoms with Crippen LogP contribution >= 0.6 is 0 Å². The van der Waals surface area contributed by atoms with E-state index in [4.69, 9.17) is 0 Å². The third-order valence-electron chi connectivity index (χ3n) is 5.91. The summed E-state index contributed by atoms with van der Waals surface area (Å²) in [5.41, 5.74) is 1.88. The molecule has 0 radical (unpaired) electrons. The minimum absolute atomic E-state index is 0.581. The molecule has 2 bridgehead atoms.